The first-order valence-electron chi connectivity index (χ1n) is 6.67. The first kappa shape index (κ1) is 12.1. The highest BCUT2D eigenvalue weighted by Crippen LogP contribution is 2.29. The number of nitrogens with zero attached hydrogens (tertiary/aromatic N) is 1. The zero-order chi connectivity index (χ0) is 13.4. The van der Waals surface area contributed by atoms with Crippen molar-refractivity contribution in [1.29, 1.82) is 0 Å². The standard InChI is InChI=1S/C15H15NO3/c17-11-6-2-1-5-10(9-11)16-14(18)12-7-3-4-8-13(12)15(16)19/h3-4,7-8,10H,1-2,5-6,9H2. The second-order valence-corrected chi connectivity index (χ2v) is 5.17. The van der Waals surface area contributed by atoms with Crippen LogP contribution in [0.25, 0.3) is 0 Å². The zero-order valence-corrected chi connectivity index (χ0v) is 10.6. The second-order valence-electron chi connectivity index (χ2n) is 5.17. The molecule has 1 heterocycles. The third-order valence-corrected chi connectivity index (χ3v) is 3.90. The predicted octanol–water partition coefficient (Wildman–Crippen LogP) is 2.18. The summed E-state index contributed by atoms with van der Waals surface area (Å²) in [5, 5.41) is 0. The molecule has 1 unspecified atom stereocenters. The molecule has 1 aliphatic heterocycles. The fraction of sp³-hybridized carbons (Fsp3) is 0.400. The van der Waals surface area contributed by atoms with Crippen molar-refractivity contribution in [2.24, 2.45) is 0 Å². The average Bonchev–Trinajstić information content (AvgIpc) is 2.56. The minimum atomic E-state index is -0.262. The number of ketones is 1. The topological polar surface area (TPSA) is 54.5 Å². The highest BCUT2D eigenvalue weighted by molar-refractivity contribution is 6.21. The Morgan fingerprint density at radius 3 is 2.21 bits per heavy atom. The van der Waals surface area contributed by atoms with Gasteiger partial charge >= 0.3 is 0 Å². The number of amides is 2. The van der Waals surface area contributed by atoms with Crippen molar-refractivity contribution in [2.75, 3.05) is 0 Å². The lowest BCUT2D eigenvalue weighted by atomic mass is 10.1. The molecule has 0 bridgehead atoms. The summed E-state index contributed by atoms with van der Waals surface area (Å²) in [7, 11) is 0. The van der Waals surface area contributed by atoms with E-state index in [2.05, 4.69) is 0 Å². The largest absolute Gasteiger partial charge is 0.300 e. The Labute approximate surface area is 111 Å². The normalized spacial score (nSPS) is 23.5. The van der Waals surface area contributed by atoms with E-state index < -0.39 is 0 Å². The number of imide groups is 1. The maximum atomic E-state index is 12.3. The fourth-order valence-electron chi connectivity index (χ4n) is 2.93. The first-order valence-corrected chi connectivity index (χ1v) is 6.67. The number of fused-ring (bicyclic) bond motifs is 1. The van der Waals surface area contributed by atoms with Crippen LogP contribution in [0.15, 0.2) is 24.3 Å². The molecule has 98 valence electrons. The van der Waals surface area contributed by atoms with E-state index in [1.54, 1.807) is 24.3 Å². The SMILES string of the molecule is O=C1CCCCC(N2C(=O)c3ccccc3C2=O)C1. The summed E-state index contributed by atoms with van der Waals surface area (Å²) in [4.78, 5) is 37.6. The van der Waals surface area contributed by atoms with Crippen LogP contribution in [0.5, 0.6) is 0 Å². The Morgan fingerprint density at radius 1 is 0.947 bits per heavy atom. The molecule has 1 fully saturated rings. The van der Waals surface area contributed by atoms with E-state index in [9.17, 15) is 14.4 Å². The van der Waals surface area contributed by atoms with Gasteiger partial charge in [-0.1, -0.05) is 18.6 Å². The minimum absolute atomic E-state index is 0.152. The minimum Gasteiger partial charge on any atom is -0.300 e. The van der Waals surface area contributed by atoms with E-state index in [0.717, 1.165) is 19.3 Å². The van der Waals surface area contributed by atoms with Crippen molar-refractivity contribution in [3.8, 4) is 0 Å². The van der Waals surface area contributed by atoms with Crippen LogP contribution in [0.4, 0.5) is 0 Å². The summed E-state index contributed by atoms with van der Waals surface area (Å²) < 4.78 is 0. The monoisotopic (exact) mass is 257 g/mol. The number of carbonyl (C=O) groups is 3. The molecule has 0 radical (unpaired) electrons. The summed E-state index contributed by atoms with van der Waals surface area (Å²) in [6.07, 6.45) is 3.37. The van der Waals surface area contributed by atoms with Crippen LogP contribution >= 0.6 is 0 Å². The van der Waals surface area contributed by atoms with E-state index in [1.165, 1.54) is 4.90 Å². The molecule has 1 atom stereocenters. The van der Waals surface area contributed by atoms with Gasteiger partial charge in [-0.05, 0) is 25.0 Å². The van der Waals surface area contributed by atoms with Crippen molar-refractivity contribution < 1.29 is 14.4 Å². The highest BCUT2D eigenvalue weighted by atomic mass is 16.2. The smallest absolute Gasteiger partial charge is 0.261 e. The van der Waals surface area contributed by atoms with Crippen molar-refractivity contribution in [2.45, 2.75) is 38.1 Å². The third-order valence-electron chi connectivity index (χ3n) is 3.90. The molecule has 0 spiro atoms. The van der Waals surface area contributed by atoms with E-state index in [-0.39, 0.29) is 23.6 Å². The van der Waals surface area contributed by atoms with E-state index >= 15 is 0 Å². The number of Topliss-reactive ketones (excluding diaryl/α,β-unsaturated/α-hetero) is 1. The van der Waals surface area contributed by atoms with Crippen molar-refractivity contribution >= 4 is 17.6 Å². The molecule has 1 aromatic rings. The van der Waals surface area contributed by atoms with Gasteiger partial charge in [-0.25, -0.2) is 0 Å². The maximum absolute atomic E-state index is 12.3. The highest BCUT2D eigenvalue weighted by Gasteiger charge is 2.40. The van der Waals surface area contributed by atoms with Gasteiger partial charge in [-0.2, -0.15) is 0 Å². The summed E-state index contributed by atoms with van der Waals surface area (Å²) >= 11 is 0. The van der Waals surface area contributed by atoms with Crippen LogP contribution in [0.1, 0.15) is 52.8 Å². The third kappa shape index (κ3) is 1.97. The molecule has 0 saturated heterocycles. The van der Waals surface area contributed by atoms with Crippen molar-refractivity contribution in [3.63, 3.8) is 0 Å². The first-order chi connectivity index (χ1) is 9.18. The van der Waals surface area contributed by atoms with Gasteiger partial charge < -0.3 is 0 Å². The Kier molecular flexibility index (Phi) is 2.93. The van der Waals surface area contributed by atoms with Crippen molar-refractivity contribution in [1.82, 2.24) is 4.90 Å². The van der Waals surface area contributed by atoms with Gasteiger partial charge in [0, 0.05) is 18.9 Å². The summed E-state index contributed by atoms with van der Waals surface area (Å²) in [6, 6.07) is 6.60. The van der Waals surface area contributed by atoms with Crippen LogP contribution in [-0.2, 0) is 4.79 Å². The molecule has 1 saturated carbocycles. The van der Waals surface area contributed by atoms with Crippen molar-refractivity contribution in [3.05, 3.63) is 35.4 Å². The molecule has 4 heteroatoms. The molecule has 2 amide bonds. The van der Waals surface area contributed by atoms with Crippen LogP contribution in [-0.4, -0.2) is 28.5 Å². The molecule has 19 heavy (non-hydrogen) atoms. The van der Waals surface area contributed by atoms with Gasteiger partial charge in [0.05, 0.1) is 11.1 Å². The molecule has 3 rings (SSSR count). The molecular weight excluding hydrogens is 242 g/mol. The quantitative estimate of drug-likeness (QED) is 0.572. The lowest BCUT2D eigenvalue weighted by Gasteiger charge is -2.24. The number of hydrogen-bond donors (Lipinski definition) is 0. The van der Waals surface area contributed by atoms with Gasteiger partial charge in [0.2, 0.25) is 0 Å². The Bertz CT molecular complexity index is 529. The summed E-state index contributed by atoms with van der Waals surface area (Å²) in [6.45, 7) is 0. The zero-order valence-electron chi connectivity index (χ0n) is 10.6. The predicted molar refractivity (Wildman–Crippen MR) is 68.8 cm³/mol. The van der Waals surface area contributed by atoms with Crippen LogP contribution < -0.4 is 0 Å². The average molecular weight is 257 g/mol. The fourth-order valence-corrected chi connectivity index (χ4v) is 2.93. The summed E-state index contributed by atoms with van der Waals surface area (Å²) in [5.41, 5.74) is 0.924. The van der Waals surface area contributed by atoms with Crippen LogP contribution in [0, 0.1) is 0 Å². The molecular formula is C15H15NO3. The van der Waals surface area contributed by atoms with Gasteiger partial charge in [-0.15, -0.1) is 0 Å². The summed E-state index contributed by atoms with van der Waals surface area (Å²) in [5.74, 6) is -0.348. The van der Waals surface area contributed by atoms with E-state index in [0.29, 0.717) is 24.0 Å². The van der Waals surface area contributed by atoms with Crippen LogP contribution in [0.2, 0.25) is 0 Å². The molecule has 2 aliphatic rings. The second kappa shape index (κ2) is 4.61. The number of carbonyl (C=O) groups excluding carboxylic acids is 3. The van der Waals surface area contributed by atoms with Crippen LogP contribution in [0.3, 0.4) is 0 Å². The molecule has 1 aliphatic carbocycles. The van der Waals surface area contributed by atoms with E-state index in [1.807, 2.05) is 0 Å². The molecule has 0 aromatic heterocycles. The lowest BCUT2D eigenvalue weighted by Crippen LogP contribution is -2.40. The number of rotatable bonds is 1. The number of hydrogen-bond acceptors (Lipinski definition) is 3. The molecule has 4 nitrogen and oxygen atoms in total. The Balaban J connectivity index is 1.93. The molecule has 1 aromatic carbocycles. The van der Waals surface area contributed by atoms with Gasteiger partial charge in [0.1, 0.15) is 5.78 Å². The molecule has 0 N–H and O–H groups in total. The van der Waals surface area contributed by atoms with E-state index in [4.69, 9.17) is 0 Å². The van der Waals surface area contributed by atoms with Gasteiger partial charge in [-0.3, -0.25) is 19.3 Å². The van der Waals surface area contributed by atoms with Gasteiger partial charge in [0.25, 0.3) is 11.8 Å². The van der Waals surface area contributed by atoms with Gasteiger partial charge in [0.15, 0.2) is 0 Å². The lowest BCUT2D eigenvalue weighted by molar-refractivity contribution is -0.119. The maximum Gasteiger partial charge on any atom is 0.261 e. The number of benzene rings is 1. The Morgan fingerprint density at radius 2 is 1.58 bits per heavy atom. The Hall–Kier alpha value is -1.97.